The molecule has 1 rings (SSSR count). The van der Waals surface area contributed by atoms with E-state index in [9.17, 15) is 0 Å². The van der Waals surface area contributed by atoms with E-state index in [1.165, 1.54) is 25.7 Å². The van der Waals surface area contributed by atoms with Crippen LogP contribution in [0.15, 0.2) is 0 Å². The Balaban J connectivity index is 2.10. The Labute approximate surface area is 101 Å². The summed E-state index contributed by atoms with van der Waals surface area (Å²) in [6, 6.07) is 1.78. The Morgan fingerprint density at radius 1 is 1.44 bits per heavy atom. The number of likely N-dealkylation sites (N-methyl/N-ethyl adjacent to an activating group) is 1. The molecule has 0 heterocycles. The fraction of sp³-hybridized carbons (Fsp3) is 1.00. The Morgan fingerprint density at radius 2 is 2.19 bits per heavy atom. The molecule has 0 aromatic carbocycles. The van der Waals surface area contributed by atoms with Crippen molar-refractivity contribution >= 4 is 0 Å². The molecule has 0 aromatic heterocycles. The molecule has 3 heteroatoms. The minimum atomic E-state index is 0.429. The minimum Gasteiger partial charge on any atom is -0.328 e. The van der Waals surface area contributed by atoms with Gasteiger partial charge in [-0.05, 0) is 39.7 Å². The van der Waals surface area contributed by atoms with Gasteiger partial charge in [0, 0.05) is 31.2 Å². The maximum atomic E-state index is 5.98. The molecule has 0 amide bonds. The van der Waals surface area contributed by atoms with Gasteiger partial charge in [0.15, 0.2) is 0 Å². The van der Waals surface area contributed by atoms with Gasteiger partial charge >= 0.3 is 0 Å². The zero-order chi connectivity index (χ0) is 12.0. The number of nitrogens with zero attached hydrogens (tertiary/aromatic N) is 1. The van der Waals surface area contributed by atoms with Crippen LogP contribution in [-0.4, -0.2) is 43.2 Å². The van der Waals surface area contributed by atoms with Gasteiger partial charge in [0.2, 0.25) is 0 Å². The van der Waals surface area contributed by atoms with Crippen LogP contribution in [0.4, 0.5) is 0 Å². The first-order chi connectivity index (χ1) is 7.63. The number of nitrogens with two attached hydrogens (primary N) is 1. The molecule has 3 unspecified atom stereocenters. The van der Waals surface area contributed by atoms with Crippen LogP contribution in [0.3, 0.4) is 0 Å². The van der Waals surface area contributed by atoms with E-state index in [0.717, 1.165) is 19.5 Å². The van der Waals surface area contributed by atoms with E-state index in [1.807, 2.05) is 0 Å². The van der Waals surface area contributed by atoms with Crippen molar-refractivity contribution < 1.29 is 0 Å². The van der Waals surface area contributed by atoms with Crippen LogP contribution >= 0.6 is 0 Å². The number of rotatable bonds is 6. The first-order valence-corrected chi connectivity index (χ1v) is 6.82. The maximum Gasteiger partial charge on any atom is 0.0107 e. The van der Waals surface area contributed by atoms with E-state index in [0.29, 0.717) is 18.1 Å². The lowest BCUT2D eigenvalue weighted by molar-refractivity contribution is 0.241. The van der Waals surface area contributed by atoms with Crippen LogP contribution < -0.4 is 11.1 Å². The molecular formula is C13H29N3. The highest BCUT2D eigenvalue weighted by molar-refractivity contribution is 4.80. The predicted octanol–water partition coefficient (Wildman–Crippen LogP) is 1.58. The molecule has 16 heavy (non-hydrogen) atoms. The van der Waals surface area contributed by atoms with Gasteiger partial charge < -0.3 is 16.0 Å². The van der Waals surface area contributed by atoms with Crippen LogP contribution in [-0.2, 0) is 0 Å². The molecule has 0 saturated heterocycles. The minimum absolute atomic E-state index is 0.429. The van der Waals surface area contributed by atoms with Gasteiger partial charge in [0.1, 0.15) is 0 Å². The van der Waals surface area contributed by atoms with Gasteiger partial charge in [-0.3, -0.25) is 0 Å². The summed E-state index contributed by atoms with van der Waals surface area (Å²) in [7, 11) is 2.21. The van der Waals surface area contributed by atoms with Crippen LogP contribution in [0.25, 0.3) is 0 Å². The Kier molecular flexibility index (Phi) is 6.32. The zero-order valence-electron chi connectivity index (χ0n) is 11.2. The number of nitrogens with one attached hydrogen (secondary N) is 1. The summed E-state index contributed by atoms with van der Waals surface area (Å²) < 4.78 is 0. The standard InChI is InChI=1S/C13H29N3/c1-4-11(2)16(3)9-8-15-13-7-5-6-12(14)10-13/h11-13,15H,4-10,14H2,1-3H3. The second kappa shape index (κ2) is 7.25. The van der Waals surface area contributed by atoms with E-state index in [-0.39, 0.29) is 0 Å². The normalized spacial score (nSPS) is 28.3. The molecule has 0 spiro atoms. The SMILES string of the molecule is CCC(C)N(C)CCNC1CCCC(N)C1. The van der Waals surface area contributed by atoms with E-state index in [2.05, 4.69) is 31.1 Å². The van der Waals surface area contributed by atoms with Crippen LogP contribution in [0.1, 0.15) is 46.0 Å². The van der Waals surface area contributed by atoms with Crippen LogP contribution in [0.5, 0.6) is 0 Å². The highest BCUT2D eigenvalue weighted by Gasteiger charge is 2.18. The largest absolute Gasteiger partial charge is 0.328 e. The maximum absolute atomic E-state index is 5.98. The first kappa shape index (κ1) is 13.9. The Hall–Kier alpha value is -0.120. The van der Waals surface area contributed by atoms with E-state index < -0.39 is 0 Å². The number of hydrogen-bond donors (Lipinski definition) is 2. The quantitative estimate of drug-likeness (QED) is 0.724. The smallest absolute Gasteiger partial charge is 0.0107 e. The summed E-state index contributed by atoms with van der Waals surface area (Å²) >= 11 is 0. The molecule has 0 radical (unpaired) electrons. The third-order valence-electron chi connectivity index (χ3n) is 3.96. The summed E-state index contributed by atoms with van der Waals surface area (Å²) in [5.74, 6) is 0. The Bertz CT molecular complexity index is 184. The van der Waals surface area contributed by atoms with Crippen molar-refractivity contribution in [2.75, 3.05) is 20.1 Å². The lowest BCUT2D eigenvalue weighted by Crippen LogP contribution is -2.43. The molecule has 1 aliphatic carbocycles. The Morgan fingerprint density at radius 3 is 2.81 bits per heavy atom. The zero-order valence-corrected chi connectivity index (χ0v) is 11.2. The molecule has 3 nitrogen and oxygen atoms in total. The van der Waals surface area contributed by atoms with Crippen molar-refractivity contribution in [3.63, 3.8) is 0 Å². The molecule has 1 fully saturated rings. The second-order valence-electron chi connectivity index (χ2n) is 5.32. The van der Waals surface area contributed by atoms with E-state index in [1.54, 1.807) is 0 Å². The molecule has 96 valence electrons. The fourth-order valence-corrected chi connectivity index (χ4v) is 2.39. The molecule has 0 aliphatic heterocycles. The molecule has 3 N–H and O–H groups in total. The monoisotopic (exact) mass is 227 g/mol. The molecule has 0 bridgehead atoms. The van der Waals surface area contributed by atoms with Crippen molar-refractivity contribution in [2.45, 2.75) is 64.1 Å². The highest BCUT2D eigenvalue weighted by Crippen LogP contribution is 2.16. The molecular weight excluding hydrogens is 198 g/mol. The van der Waals surface area contributed by atoms with Crippen molar-refractivity contribution in [1.29, 1.82) is 0 Å². The predicted molar refractivity (Wildman–Crippen MR) is 70.6 cm³/mol. The summed E-state index contributed by atoms with van der Waals surface area (Å²) in [5.41, 5.74) is 5.98. The summed E-state index contributed by atoms with van der Waals surface area (Å²) in [6.07, 6.45) is 6.20. The third kappa shape index (κ3) is 4.81. The first-order valence-electron chi connectivity index (χ1n) is 6.82. The molecule has 1 aliphatic rings. The van der Waals surface area contributed by atoms with Gasteiger partial charge in [0.05, 0.1) is 0 Å². The van der Waals surface area contributed by atoms with Gasteiger partial charge in [-0.1, -0.05) is 13.3 Å². The summed E-state index contributed by atoms with van der Waals surface area (Å²) in [6.45, 7) is 6.77. The molecule has 1 saturated carbocycles. The lowest BCUT2D eigenvalue weighted by atomic mass is 9.92. The van der Waals surface area contributed by atoms with Crippen LogP contribution in [0, 0.1) is 0 Å². The van der Waals surface area contributed by atoms with Gasteiger partial charge in [-0.2, -0.15) is 0 Å². The number of hydrogen-bond acceptors (Lipinski definition) is 3. The fourth-order valence-electron chi connectivity index (χ4n) is 2.39. The summed E-state index contributed by atoms with van der Waals surface area (Å²) in [4.78, 5) is 2.43. The highest BCUT2D eigenvalue weighted by atomic mass is 15.1. The lowest BCUT2D eigenvalue weighted by Gasteiger charge is -2.29. The topological polar surface area (TPSA) is 41.3 Å². The van der Waals surface area contributed by atoms with Crippen molar-refractivity contribution in [3.05, 3.63) is 0 Å². The molecule has 0 aromatic rings. The summed E-state index contributed by atoms with van der Waals surface area (Å²) in [5, 5.41) is 3.64. The second-order valence-corrected chi connectivity index (χ2v) is 5.32. The third-order valence-corrected chi connectivity index (χ3v) is 3.96. The van der Waals surface area contributed by atoms with Gasteiger partial charge in [-0.15, -0.1) is 0 Å². The average Bonchev–Trinajstić information content (AvgIpc) is 2.28. The van der Waals surface area contributed by atoms with E-state index >= 15 is 0 Å². The van der Waals surface area contributed by atoms with Crippen molar-refractivity contribution in [3.8, 4) is 0 Å². The van der Waals surface area contributed by atoms with Crippen molar-refractivity contribution in [2.24, 2.45) is 5.73 Å². The average molecular weight is 227 g/mol. The van der Waals surface area contributed by atoms with Gasteiger partial charge in [0.25, 0.3) is 0 Å². The van der Waals surface area contributed by atoms with Crippen molar-refractivity contribution in [1.82, 2.24) is 10.2 Å². The molecule has 3 atom stereocenters. The van der Waals surface area contributed by atoms with E-state index in [4.69, 9.17) is 5.73 Å². The van der Waals surface area contributed by atoms with Crippen LogP contribution in [0.2, 0.25) is 0 Å². The van der Waals surface area contributed by atoms with Gasteiger partial charge in [-0.25, -0.2) is 0 Å².